The molecule has 0 radical (unpaired) electrons. The highest BCUT2D eigenvalue weighted by Crippen LogP contribution is 2.27. The van der Waals surface area contributed by atoms with Crippen LogP contribution in [0, 0.1) is 0 Å². The number of ether oxygens (including phenoxy) is 4. The number of rotatable bonds is 11. The smallest absolute Gasteiger partial charge is 0.345 e. The highest BCUT2D eigenvalue weighted by Gasteiger charge is 2.22. The Balaban J connectivity index is 3.30. The van der Waals surface area contributed by atoms with Gasteiger partial charge in [-0.2, -0.15) is 0 Å². The Bertz CT molecular complexity index is 601. The molecule has 0 saturated heterocycles. The predicted molar refractivity (Wildman–Crippen MR) is 99.3 cm³/mol. The van der Waals surface area contributed by atoms with Gasteiger partial charge in [-0.3, -0.25) is 0 Å². The summed E-state index contributed by atoms with van der Waals surface area (Å²) in [5.41, 5.74) is 0.380. The summed E-state index contributed by atoms with van der Waals surface area (Å²) >= 11 is 0. The summed E-state index contributed by atoms with van der Waals surface area (Å²) in [4.78, 5) is 24.4. The van der Waals surface area contributed by atoms with Gasteiger partial charge in [-0.1, -0.05) is 13.8 Å². The van der Waals surface area contributed by atoms with Crippen LogP contribution in [0.5, 0.6) is 11.5 Å². The Labute approximate surface area is 155 Å². The molecule has 6 heteroatoms. The van der Waals surface area contributed by atoms with Crippen molar-refractivity contribution in [3.63, 3.8) is 0 Å². The SMILES string of the molecule is CCCOc1ccc(OCCC)c(C=C(C(=O)OCC)C(=O)OCC)c1. The molecule has 1 aromatic rings. The van der Waals surface area contributed by atoms with E-state index in [1.807, 2.05) is 13.8 Å². The van der Waals surface area contributed by atoms with E-state index in [-0.39, 0.29) is 18.8 Å². The fourth-order valence-electron chi connectivity index (χ4n) is 2.07. The predicted octanol–water partition coefficient (Wildman–Crippen LogP) is 3.77. The molecule has 0 saturated carbocycles. The molecule has 0 amide bonds. The number of hydrogen-bond acceptors (Lipinski definition) is 6. The first-order chi connectivity index (χ1) is 12.6. The minimum Gasteiger partial charge on any atom is -0.494 e. The van der Waals surface area contributed by atoms with Gasteiger partial charge in [0.1, 0.15) is 17.1 Å². The second kappa shape index (κ2) is 12.0. The van der Waals surface area contributed by atoms with Crippen LogP contribution in [0.4, 0.5) is 0 Å². The molecular weight excluding hydrogens is 336 g/mol. The third-order valence-electron chi connectivity index (χ3n) is 3.21. The number of carbonyl (C=O) groups is 2. The molecule has 0 aromatic heterocycles. The molecule has 0 aliphatic rings. The molecule has 0 N–H and O–H groups in total. The zero-order valence-electron chi connectivity index (χ0n) is 16.0. The van der Waals surface area contributed by atoms with Crippen LogP contribution in [-0.4, -0.2) is 38.4 Å². The van der Waals surface area contributed by atoms with Crippen LogP contribution in [0.1, 0.15) is 46.1 Å². The van der Waals surface area contributed by atoms with Gasteiger partial charge in [0.25, 0.3) is 0 Å². The van der Waals surface area contributed by atoms with Crippen molar-refractivity contribution >= 4 is 18.0 Å². The number of hydrogen-bond donors (Lipinski definition) is 0. The molecule has 0 aliphatic heterocycles. The molecule has 1 aromatic carbocycles. The molecule has 0 aliphatic carbocycles. The van der Waals surface area contributed by atoms with Crippen molar-refractivity contribution in [1.29, 1.82) is 0 Å². The molecule has 0 unspecified atom stereocenters. The van der Waals surface area contributed by atoms with Crippen LogP contribution in [0.3, 0.4) is 0 Å². The first-order valence-corrected chi connectivity index (χ1v) is 9.02. The Morgan fingerprint density at radius 3 is 2.00 bits per heavy atom. The van der Waals surface area contributed by atoms with Crippen molar-refractivity contribution in [1.82, 2.24) is 0 Å². The van der Waals surface area contributed by atoms with E-state index >= 15 is 0 Å². The largest absolute Gasteiger partial charge is 0.494 e. The molecule has 26 heavy (non-hydrogen) atoms. The highest BCUT2D eigenvalue weighted by molar-refractivity contribution is 6.17. The number of esters is 2. The van der Waals surface area contributed by atoms with Gasteiger partial charge in [0.15, 0.2) is 0 Å². The van der Waals surface area contributed by atoms with E-state index < -0.39 is 11.9 Å². The zero-order chi connectivity index (χ0) is 19.4. The first-order valence-electron chi connectivity index (χ1n) is 9.02. The van der Waals surface area contributed by atoms with E-state index in [4.69, 9.17) is 18.9 Å². The average molecular weight is 364 g/mol. The van der Waals surface area contributed by atoms with Crippen molar-refractivity contribution in [3.8, 4) is 11.5 Å². The molecule has 6 nitrogen and oxygen atoms in total. The van der Waals surface area contributed by atoms with Crippen LogP contribution >= 0.6 is 0 Å². The highest BCUT2D eigenvalue weighted by atomic mass is 16.6. The monoisotopic (exact) mass is 364 g/mol. The standard InChI is InChI=1S/C20H28O6/c1-5-11-25-16-9-10-18(26-12-6-2)15(13-16)14-17(19(21)23-7-3)20(22)24-8-4/h9-10,13-14H,5-8,11-12H2,1-4H3. The van der Waals surface area contributed by atoms with Crippen LogP contribution < -0.4 is 9.47 Å². The maximum Gasteiger partial charge on any atom is 0.345 e. The fourth-order valence-corrected chi connectivity index (χ4v) is 2.07. The summed E-state index contributed by atoms with van der Waals surface area (Å²) in [6.07, 6.45) is 3.13. The molecule has 144 valence electrons. The second-order valence-corrected chi connectivity index (χ2v) is 5.40. The van der Waals surface area contributed by atoms with Crippen molar-refractivity contribution in [2.24, 2.45) is 0 Å². The normalized spacial score (nSPS) is 10.0. The molecular formula is C20H28O6. The first kappa shape index (κ1) is 21.5. The van der Waals surface area contributed by atoms with Crippen LogP contribution in [0.2, 0.25) is 0 Å². The van der Waals surface area contributed by atoms with Gasteiger partial charge < -0.3 is 18.9 Å². The lowest BCUT2D eigenvalue weighted by Crippen LogP contribution is -2.18. The number of benzene rings is 1. The molecule has 0 spiro atoms. The lowest BCUT2D eigenvalue weighted by molar-refractivity contribution is -0.146. The quantitative estimate of drug-likeness (QED) is 0.258. The van der Waals surface area contributed by atoms with Crippen LogP contribution in [-0.2, 0) is 19.1 Å². The van der Waals surface area contributed by atoms with Gasteiger partial charge in [-0.25, -0.2) is 9.59 Å². The van der Waals surface area contributed by atoms with Crippen LogP contribution in [0.25, 0.3) is 6.08 Å². The van der Waals surface area contributed by atoms with E-state index in [1.165, 1.54) is 6.08 Å². The maximum absolute atomic E-state index is 12.2. The van der Waals surface area contributed by atoms with Gasteiger partial charge in [0.2, 0.25) is 0 Å². The van der Waals surface area contributed by atoms with E-state index in [9.17, 15) is 9.59 Å². The molecule has 1 rings (SSSR count). The Morgan fingerprint density at radius 1 is 0.885 bits per heavy atom. The Morgan fingerprint density at radius 2 is 1.46 bits per heavy atom. The van der Waals surface area contributed by atoms with Gasteiger partial charge in [-0.15, -0.1) is 0 Å². The van der Waals surface area contributed by atoms with E-state index in [1.54, 1.807) is 32.0 Å². The third-order valence-corrected chi connectivity index (χ3v) is 3.21. The molecule has 0 atom stereocenters. The van der Waals surface area contributed by atoms with Gasteiger partial charge >= 0.3 is 11.9 Å². The van der Waals surface area contributed by atoms with E-state index in [0.29, 0.717) is 30.3 Å². The van der Waals surface area contributed by atoms with Crippen molar-refractivity contribution in [3.05, 3.63) is 29.3 Å². The lowest BCUT2D eigenvalue weighted by atomic mass is 10.1. The Kier molecular flexibility index (Phi) is 9.90. The molecule has 0 heterocycles. The minimum absolute atomic E-state index is 0.161. The topological polar surface area (TPSA) is 71.1 Å². The van der Waals surface area contributed by atoms with Gasteiger partial charge in [0, 0.05) is 5.56 Å². The lowest BCUT2D eigenvalue weighted by Gasteiger charge is -2.13. The van der Waals surface area contributed by atoms with Crippen molar-refractivity contribution in [2.75, 3.05) is 26.4 Å². The molecule has 0 fully saturated rings. The summed E-state index contributed by atoms with van der Waals surface area (Å²) in [7, 11) is 0. The summed E-state index contributed by atoms with van der Waals surface area (Å²) in [5.74, 6) is -0.268. The van der Waals surface area contributed by atoms with Crippen LogP contribution in [0.15, 0.2) is 23.8 Å². The molecule has 0 bridgehead atoms. The summed E-state index contributed by atoms with van der Waals surface area (Å²) in [6, 6.07) is 5.30. The van der Waals surface area contributed by atoms with E-state index in [0.717, 1.165) is 12.8 Å². The fraction of sp³-hybridized carbons (Fsp3) is 0.500. The average Bonchev–Trinajstić information content (AvgIpc) is 2.63. The van der Waals surface area contributed by atoms with Crippen molar-refractivity contribution < 1.29 is 28.5 Å². The zero-order valence-corrected chi connectivity index (χ0v) is 16.0. The minimum atomic E-state index is -0.729. The summed E-state index contributed by atoms with van der Waals surface area (Å²) in [6.45, 7) is 8.77. The van der Waals surface area contributed by atoms with E-state index in [2.05, 4.69) is 0 Å². The maximum atomic E-state index is 12.2. The number of carbonyl (C=O) groups excluding carboxylic acids is 2. The third kappa shape index (κ3) is 6.78. The van der Waals surface area contributed by atoms with Gasteiger partial charge in [-0.05, 0) is 51.0 Å². The van der Waals surface area contributed by atoms with Gasteiger partial charge in [0.05, 0.1) is 26.4 Å². The van der Waals surface area contributed by atoms with Crippen molar-refractivity contribution in [2.45, 2.75) is 40.5 Å². The summed E-state index contributed by atoms with van der Waals surface area (Å²) in [5, 5.41) is 0. The summed E-state index contributed by atoms with van der Waals surface area (Å²) < 4.78 is 21.3. The second-order valence-electron chi connectivity index (χ2n) is 5.40. The Hall–Kier alpha value is -2.50.